The molecule has 106 valence electrons. The highest BCUT2D eigenvalue weighted by Gasteiger charge is 2.55. The number of carbonyl (C=O) groups excluding carboxylic acids is 2. The Bertz CT molecular complexity index is 395. The summed E-state index contributed by atoms with van der Waals surface area (Å²) >= 11 is 0. The molecule has 1 saturated heterocycles. The number of hydrogen-bond acceptors (Lipinski definition) is 2. The van der Waals surface area contributed by atoms with Crippen molar-refractivity contribution in [1.82, 2.24) is 10.2 Å². The van der Waals surface area contributed by atoms with E-state index in [4.69, 9.17) is 0 Å². The van der Waals surface area contributed by atoms with Gasteiger partial charge >= 0.3 is 0 Å². The molecule has 1 aliphatic heterocycles. The second-order valence-electron chi connectivity index (χ2n) is 6.68. The van der Waals surface area contributed by atoms with Gasteiger partial charge in [0.05, 0.1) is 0 Å². The van der Waals surface area contributed by atoms with Gasteiger partial charge in [-0.2, -0.15) is 0 Å². The van der Waals surface area contributed by atoms with E-state index in [0.717, 1.165) is 38.5 Å². The van der Waals surface area contributed by atoms with Crippen molar-refractivity contribution in [2.24, 2.45) is 5.92 Å². The minimum atomic E-state index is -0.547. The van der Waals surface area contributed by atoms with Crippen LogP contribution in [0, 0.1) is 5.92 Å². The highest BCUT2D eigenvalue weighted by atomic mass is 16.2. The molecule has 1 unspecified atom stereocenters. The fourth-order valence-electron chi connectivity index (χ4n) is 3.91. The van der Waals surface area contributed by atoms with Crippen LogP contribution in [0.5, 0.6) is 0 Å². The topological polar surface area (TPSA) is 49.4 Å². The molecule has 0 aromatic rings. The molecule has 0 radical (unpaired) electrons. The Kier molecular flexibility index (Phi) is 3.06. The second-order valence-corrected chi connectivity index (χ2v) is 6.68. The molecular weight excluding hydrogens is 240 g/mol. The van der Waals surface area contributed by atoms with E-state index in [1.807, 2.05) is 18.7 Å². The number of hydrogen-bond donors (Lipinski definition) is 1. The minimum absolute atomic E-state index is 0.109. The van der Waals surface area contributed by atoms with Crippen molar-refractivity contribution in [3.05, 3.63) is 0 Å². The Hall–Kier alpha value is -1.06. The molecule has 0 bridgehead atoms. The van der Waals surface area contributed by atoms with Gasteiger partial charge in [0.1, 0.15) is 11.6 Å². The summed E-state index contributed by atoms with van der Waals surface area (Å²) in [7, 11) is 0. The SMILES string of the molecule is CC(C)N1C(=O)C(C2CC2)NC(=O)C12CCCCC2. The van der Waals surface area contributed by atoms with Gasteiger partial charge in [0, 0.05) is 6.04 Å². The molecule has 0 aromatic heterocycles. The maximum absolute atomic E-state index is 12.8. The molecule has 3 fully saturated rings. The second kappa shape index (κ2) is 4.50. The Balaban J connectivity index is 1.93. The predicted molar refractivity (Wildman–Crippen MR) is 72.5 cm³/mol. The largest absolute Gasteiger partial charge is 0.342 e. The van der Waals surface area contributed by atoms with Crippen LogP contribution in [-0.2, 0) is 9.59 Å². The van der Waals surface area contributed by atoms with Crippen LogP contribution in [0.1, 0.15) is 58.8 Å². The van der Waals surface area contributed by atoms with Gasteiger partial charge in [-0.25, -0.2) is 0 Å². The maximum Gasteiger partial charge on any atom is 0.246 e. The van der Waals surface area contributed by atoms with E-state index in [1.165, 1.54) is 6.42 Å². The summed E-state index contributed by atoms with van der Waals surface area (Å²) in [5.41, 5.74) is -0.547. The van der Waals surface area contributed by atoms with Crippen molar-refractivity contribution in [3.8, 4) is 0 Å². The first-order valence-electron chi connectivity index (χ1n) is 7.70. The zero-order valence-corrected chi connectivity index (χ0v) is 11.9. The van der Waals surface area contributed by atoms with Crippen molar-refractivity contribution < 1.29 is 9.59 Å². The number of carbonyl (C=O) groups is 2. The zero-order valence-electron chi connectivity index (χ0n) is 11.9. The minimum Gasteiger partial charge on any atom is -0.342 e. The number of amides is 2. The lowest BCUT2D eigenvalue weighted by Crippen LogP contribution is -2.72. The van der Waals surface area contributed by atoms with Crippen LogP contribution >= 0.6 is 0 Å². The molecule has 1 atom stereocenters. The van der Waals surface area contributed by atoms with Gasteiger partial charge in [0.25, 0.3) is 0 Å². The normalized spacial score (nSPS) is 30.9. The van der Waals surface area contributed by atoms with E-state index in [1.54, 1.807) is 0 Å². The summed E-state index contributed by atoms with van der Waals surface area (Å²) in [6.07, 6.45) is 7.11. The van der Waals surface area contributed by atoms with E-state index in [9.17, 15) is 9.59 Å². The molecule has 2 amide bonds. The van der Waals surface area contributed by atoms with Crippen molar-refractivity contribution in [2.75, 3.05) is 0 Å². The molecule has 2 aliphatic carbocycles. The first-order valence-corrected chi connectivity index (χ1v) is 7.70. The van der Waals surface area contributed by atoms with E-state index >= 15 is 0 Å². The molecule has 0 aromatic carbocycles. The third kappa shape index (κ3) is 1.96. The standard InChI is InChI=1S/C15H24N2O2/c1-10(2)17-13(18)12(11-6-7-11)16-14(19)15(17)8-4-3-5-9-15/h10-12H,3-9H2,1-2H3,(H,16,19). The van der Waals surface area contributed by atoms with Gasteiger partial charge in [0.2, 0.25) is 11.8 Å². The lowest BCUT2D eigenvalue weighted by molar-refractivity contribution is -0.163. The van der Waals surface area contributed by atoms with Gasteiger partial charge in [-0.15, -0.1) is 0 Å². The van der Waals surface area contributed by atoms with Crippen LogP contribution in [0.3, 0.4) is 0 Å². The van der Waals surface area contributed by atoms with E-state index in [-0.39, 0.29) is 23.9 Å². The van der Waals surface area contributed by atoms with Gasteiger partial charge in [0.15, 0.2) is 0 Å². The average Bonchev–Trinajstić information content (AvgIpc) is 3.19. The Labute approximate surface area is 114 Å². The van der Waals surface area contributed by atoms with Crippen LogP contribution in [0.2, 0.25) is 0 Å². The summed E-state index contributed by atoms with van der Waals surface area (Å²) in [4.78, 5) is 27.4. The third-order valence-corrected chi connectivity index (χ3v) is 4.96. The number of piperazine rings is 1. The summed E-state index contributed by atoms with van der Waals surface area (Å²) in [6.45, 7) is 4.08. The van der Waals surface area contributed by atoms with Crippen molar-refractivity contribution >= 4 is 11.8 Å². The van der Waals surface area contributed by atoms with Crippen LogP contribution in [-0.4, -0.2) is 34.3 Å². The molecule has 1 heterocycles. The molecule has 4 heteroatoms. The molecule has 3 rings (SSSR count). The lowest BCUT2D eigenvalue weighted by atomic mass is 9.76. The Morgan fingerprint density at radius 2 is 1.79 bits per heavy atom. The van der Waals surface area contributed by atoms with E-state index < -0.39 is 5.54 Å². The lowest BCUT2D eigenvalue weighted by Gasteiger charge is -2.52. The Morgan fingerprint density at radius 3 is 2.32 bits per heavy atom. The van der Waals surface area contributed by atoms with E-state index in [0.29, 0.717) is 5.92 Å². The van der Waals surface area contributed by atoms with Gasteiger partial charge in [-0.05, 0) is 45.4 Å². The highest BCUT2D eigenvalue weighted by Crippen LogP contribution is 2.42. The maximum atomic E-state index is 12.8. The van der Waals surface area contributed by atoms with E-state index in [2.05, 4.69) is 5.32 Å². The van der Waals surface area contributed by atoms with Crippen LogP contribution in [0.15, 0.2) is 0 Å². The molecule has 1 N–H and O–H groups in total. The first kappa shape index (κ1) is 12.9. The summed E-state index contributed by atoms with van der Waals surface area (Å²) in [6, 6.07) is -0.139. The van der Waals surface area contributed by atoms with Crippen LogP contribution < -0.4 is 5.32 Å². The molecule has 19 heavy (non-hydrogen) atoms. The zero-order chi connectivity index (χ0) is 13.6. The molecule has 3 aliphatic rings. The highest BCUT2D eigenvalue weighted by molar-refractivity contribution is 6.00. The first-order chi connectivity index (χ1) is 9.06. The van der Waals surface area contributed by atoms with Gasteiger partial charge in [-0.1, -0.05) is 19.3 Å². The predicted octanol–water partition coefficient (Wildman–Crippen LogP) is 1.83. The number of nitrogens with zero attached hydrogens (tertiary/aromatic N) is 1. The van der Waals surface area contributed by atoms with Crippen LogP contribution in [0.25, 0.3) is 0 Å². The van der Waals surface area contributed by atoms with Crippen molar-refractivity contribution in [3.63, 3.8) is 0 Å². The summed E-state index contributed by atoms with van der Waals surface area (Å²) < 4.78 is 0. The number of nitrogens with one attached hydrogen (secondary N) is 1. The van der Waals surface area contributed by atoms with Crippen LogP contribution in [0.4, 0.5) is 0 Å². The molecule has 1 spiro atoms. The van der Waals surface area contributed by atoms with Crippen molar-refractivity contribution in [1.29, 1.82) is 0 Å². The smallest absolute Gasteiger partial charge is 0.246 e. The summed E-state index contributed by atoms with van der Waals surface area (Å²) in [5.74, 6) is 0.662. The molecular formula is C15H24N2O2. The monoisotopic (exact) mass is 264 g/mol. The molecule has 2 saturated carbocycles. The number of rotatable bonds is 2. The molecule has 4 nitrogen and oxygen atoms in total. The van der Waals surface area contributed by atoms with Gasteiger partial charge in [-0.3, -0.25) is 9.59 Å². The fraction of sp³-hybridized carbons (Fsp3) is 0.867. The van der Waals surface area contributed by atoms with Gasteiger partial charge < -0.3 is 10.2 Å². The quantitative estimate of drug-likeness (QED) is 0.827. The fourth-order valence-corrected chi connectivity index (χ4v) is 3.91. The average molecular weight is 264 g/mol. The third-order valence-electron chi connectivity index (χ3n) is 4.96. The van der Waals surface area contributed by atoms with Crippen molar-refractivity contribution in [2.45, 2.75) is 76.4 Å². The summed E-state index contributed by atoms with van der Waals surface area (Å²) in [5, 5.41) is 3.04. The Morgan fingerprint density at radius 1 is 1.16 bits per heavy atom.